The number of aliphatic hydroxyl groups excluding tert-OH is 2. The predicted octanol–water partition coefficient (Wildman–Crippen LogP) is 1.29. The Morgan fingerprint density at radius 2 is 1.71 bits per heavy atom. The third-order valence-corrected chi connectivity index (χ3v) is 8.66. The van der Waals surface area contributed by atoms with Crippen molar-refractivity contribution in [3.05, 3.63) is 51.1 Å². The minimum atomic E-state index is -1.48. The summed E-state index contributed by atoms with van der Waals surface area (Å²) in [6.45, 7) is 5.10. The van der Waals surface area contributed by atoms with Gasteiger partial charge in [0, 0.05) is 23.1 Å². The molecule has 0 radical (unpaired) electrons. The van der Waals surface area contributed by atoms with E-state index >= 15 is 0 Å². The van der Waals surface area contributed by atoms with Gasteiger partial charge in [-0.05, 0) is 58.0 Å². The van der Waals surface area contributed by atoms with Gasteiger partial charge in [-0.2, -0.15) is 0 Å². The van der Waals surface area contributed by atoms with Crippen LogP contribution in [0.2, 0.25) is 0 Å². The lowest BCUT2D eigenvalue weighted by molar-refractivity contribution is -0.311. The van der Waals surface area contributed by atoms with Crippen LogP contribution in [0.15, 0.2) is 12.1 Å². The van der Waals surface area contributed by atoms with Crippen LogP contribution in [-0.2, 0) is 16.8 Å². The van der Waals surface area contributed by atoms with Crippen LogP contribution in [0.5, 0.6) is 17.2 Å². The molecule has 7 unspecified atom stereocenters. The molecule has 2 aromatic carbocycles. The van der Waals surface area contributed by atoms with Crippen molar-refractivity contribution >= 4 is 11.6 Å². The molecule has 2 aliphatic heterocycles. The van der Waals surface area contributed by atoms with Gasteiger partial charge in [-0.3, -0.25) is 9.59 Å². The molecule has 6 rings (SSSR count). The third kappa shape index (κ3) is 3.12. The molecule has 0 saturated carbocycles. The topological polar surface area (TPSA) is 157 Å². The average molecular weight is 526 g/mol. The van der Waals surface area contributed by atoms with Gasteiger partial charge in [0.2, 0.25) is 12.1 Å². The van der Waals surface area contributed by atoms with Gasteiger partial charge in [0.25, 0.3) is 0 Å². The molecule has 2 heterocycles. The maximum Gasteiger partial charge on any atom is 0.228 e. The van der Waals surface area contributed by atoms with E-state index in [1.54, 1.807) is 32.8 Å². The highest BCUT2D eigenvalue weighted by atomic mass is 16.7. The first-order chi connectivity index (χ1) is 17.7. The van der Waals surface area contributed by atoms with E-state index in [0.29, 0.717) is 17.5 Å². The van der Waals surface area contributed by atoms with Gasteiger partial charge in [0.1, 0.15) is 35.1 Å². The van der Waals surface area contributed by atoms with Gasteiger partial charge < -0.3 is 39.9 Å². The smallest absolute Gasteiger partial charge is 0.228 e. The number of aromatic hydroxyl groups is 2. The van der Waals surface area contributed by atoms with Crippen molar-refractivity contribution < 1.29 is 44.6 Å². The van der Waals surface area contributed by atoms with Crippen LogP contribution in [0.1, 0.15) is 81.6 Å². The number of carbonyl (C=O) groups is 2. The van der Waals surface area contributed by atoms with Crippen LogP contribution < -0.4 is 4.74 Å². The number of hydrogen-bond acceptors (Lipinski definition) is 10. The lowest BCUT2D eigenvalue weighted by Gasteiger charge is -2.53. The fourth-order valence-electron chi connectivity index (χ4n) is 7.01. The number of carbonyl (C=O) groups excluding carboxylic acids is 2. The van der Waals surface area contributed by atoms with E-state index in [0.717, 1.165) is 0 Å². The van der Waals surface area contributed by atoms with Crippen LogP contribution >= 0.6 is 0 Å². The molecule has 2 aromatic rings. The second-order valence-corrected chi connectivity index (χ2v) is 11.8. The van der Waals surface area contributed by atoms with Crippen molar-refractivity contribution in [3.63, 3.8) is 0 Å². The molecular weight excluding hydrogens is 494 g/mol. The van der Waals surface area contributed by atoms with E-state index in [1.807, 2.05) is 6.92 Å². The molecule has 10 nitrogen and oxygen atoms in total. The molecule has 0 amide bonds. The van der Waals surface area contributed by atoms with Crippen molar-refractivity contribution in [1.29, 1.82) is 0 Å². The van der Waals surface area contributed by atoms with Gasteiger partial charge in [-0.1, -0.05) is 6.92 Å². The molecule has 5 N–H and O–H groups in total. The number of ether oxygens (including phenoxy) is 2. The summed E-state index contributed by atoms with van der Waals surface area (Å²) in [6, 6.07) is 1.99. The molecule has 4 aliphatic rings. The minimum Gasteiger partial charge on any atom is -0.507 e. The van der Waals surface area contributed by atoms with Crippen molar-refractivity contribution in [3.8, 4) is 17.2 Å². The molecule has 0 spiro atoms. The molecule has 2 bridgehead atoms. The number of phenolic OH excluding ortho intramolecular Hbond substituents is 2. The van der Waals surface area contributed by atoms with Crippen molar-refractivity contribution in [2.45, 2.75) is 75.3 Å². The highest BCUT2D eigenvalue weighted by Crippen LogP contribution is 2.54. The SMILES string of the molecule is CC1CC(C)(O)Cc2cc3c(c(O)c21)C(=O)c1c(O)cc2c(c1C3=O)OC1OC2(C)C(O)C(N(C)C)C1O. The lowest BCUT2D eigenvalue weighted by Crippen LogP contribution is -2.68. The zero-order valence-corrected chi connectivity index (χ0v) is 21.8. The number of rotatable bonds is 1. The fraction of sp³-hybridized carbons (Fsp3) is 0.500. The van der Waals surface area contributed by atoms with E-state index in [-0.39, 0.29) is 51.7 Å². The standard InChI is InChI=1S/C28H31NO9/c1-10-8-27(2,36)9-11-6-12-16(21(32)15(10)11)22(33)17-14(30)7-13-24(18(17)20(12)31)37-26-23(34)19(29(4)5)25(35)28(13,3)38-26/h6-7,10,19,23,25-26,30,32,34-36H,8-9H2,1-5H3. The summed E-state index contributed by atoms with van der Waals surface area (Å²) < 4.78 is 11.9. The summed E-state index contributed by atoms with van der Waals surface area (Å²) >= 11 is 0. The van der Waals surface area contributed by atoms with Crippen LogP contribution in [0.25, 0.3) is 0 Å². The van der Waals surface area contributed by atoms with E-state index in [9.17, 15) is 35.1 Å². The minimum absolute atomic E-state index is 0.0610. The van der Waals surface area contributed by atoms with Gasteiger partial charge in [-0.15, -0.1) is 0 Å². The summed E-state index contributed by atoms with van der Waals surface area (Å²) in [4.78, 5) is 29.5. The Bertz CT molecular complexity index is 1430. The molecule has 7 atom stereocenters. The quantitative estimate of drug-likeness (QED) is 0.314. The second kappa shape index (κ2) is 7.77. The van der Waals surface area contributed by atoms with E-state index in [1.165, 1.54) is 12.1 Å². The molecule has 1 saturated heterocycles. The van der Waals surface area contributed by atoms with Crippen molar-refractivity contribution in [1.82, 2.24) is 4.90 Å². The first-order valence-electron chi connectivity index (χ1n) is 12.7. The molecule has 1 fully saturated rings. The van der Waals surface area contributed by atoms with Crippen LogP contribution in [-0.4, -0.2) is 86.2 Å². The van der Waals surface area contributed by atoms with Crippen LogP contribution in [0, 0.1) is 0 Å². The number of phenols is 2. The maximum absolute atomic E-state index is 14.0. The van der Waals surface area contributed by atoms with E-state index < -0.39 is 53.1 Å². The van der Waals surface area contributed by atoms with Gasteiger partial charge in [0.15, 0.2) is 5.78 Å². The van der Waals surface area contributed by atoms with Crippen LogP contribution in [0.3, 0.4) is 0 Å². The highest BCUT2D eigenvalue weighted by Gasteiger charge is 2.59. The summed E-state index contributed by atoms with van der Waals surface area (Å²) in [7, 11) is 3.38. The predicted molar refractivity (Wildman–Crippen MR) is 133 cm³/mol. The Morgan fingerprint density at radius 1 is 1.03 bits per heavy atom. The number of ketones is 2. The summed E-state index contributed by atoms with van der Waals surface area (Å²) in [6.07, 6.45) is -3.25. The Morgan fingerprint density at radius 3 is 2.37 bits per heavy atom. The molecule has 202 valence electrons. The van der Waals surface area contributed by atoms with Gasteiger partial charge >= 0.3 is 0 Å². The average Bonchev–Trinajstić information content (AvgIpc) is 2.80. The van der Waals surface area contributed by atoms with E-state index in [2.05, 4.69) is 0 Å². The largest absolute Gasteiger partial charge is 0.507 e. The Labute approximate surface area is 219 Å². The number of aliphatic hydroxyl groups is 3. The summed E-state index contributed by atoms with van der Waals surface area (Å²) in [5.41, 5.74) is -2.08. The molecule has 0 aromatic heterocycles. The van der Waals surface area contributed by atoms with Crippen LogP contribution in [0.4, 0.5) is 0 Å². The van der Waals surface area contributed by atoms with Gasteiger partial charge in [-0.25, -0.2) is 0 Å². The normalized spacial score (nSPS) is 35.2. The first kappa shape index (κ1) is 25.3. The van der Waals surface area contributed by atoms with Gasteiger partial charge in [0.05, 0.1) is 28.3 Å². The highest BCUT2D eigenvalue weighted by molar-refractivity contribution is 6.31. The number of nitrogens with zero attached hydrogens (tertiary/aromatic N) is 1. The van der Waals surface area contributed by atoms with Crippen molar-refractivity contribution in [2.24, 2.45) is 0 Å². The monoisotopic (exact) mass is 525 g/mol. The maximum atomic E-state index is 14.0. The number of fused-ring (bicyclic) bond motifs is 8. The Balaban J connectivity index is 1.58. The zero-order chi connectivity index (χ0) is 27.6. The first-order valence-corrected chi connectivity index (χ1v) is 12.7. The number of likely N-dealkylation sites (N-methyl/N-ethyl adjacent to an activating group) is 1. The number of benzene rings is 2. The Hall–Kier alpha value is -3.02. The summed E-state index contributed by atoms with van der Waals surface area (Å²) in [5, 5.41) is 55.2. The molecule has 10 heteroatoms. The Kier molecular flexibility index (Phi) is 5.17. The molecule has 2 aliphatic carbocycles. The molecular formula is C28H31NO9. The third-order valence-electron chi connectivity index (χ3n) is 8.66. The number of hydrogen-bond donors (Lipinski definition) is 5. The lowest BCUT2D eigenvalue weighted by atomic mass is 9.70. The summed E-state index contributed by atoms with van der Waals surface area (Å²) in [5.74, 6) is -2.56. The van der Waals surface area contributed by atoms with E-state index in [4.69, 9.17) is 9.47 Å². The molecule has 38 heavy (non-hydrogen) atoms. The second-order valence-electron chi connectivity index (χ2n) is 11.8. The van der Waals surface area contributed by atoms with Crippen molar-refractivity contribution in [2.75, 3.05) is 14.1 Å². The fourth-order valence-corrected chi connectivity index (χ4v) is 7.01. The zero-order valence-electron chi connectivity index (χ0n) is 21.8.